The Labute approximate surface area is 194 Å². The van der Waals surface area contributed by atoms with Gasteiger partial charge in [-0.15, -0.1) is 0 Å². The summed E-state index contributed by atoms with van der Waals surface area (Å²) in [4.78, 5) is 0. The highest BCUT2D eigenvalue weighted by atomic mass is 19.1. The third-order valence-corrected chi connectivity index (χ3v) is 9.03. The SMILES string of the molecule is C/C=C/CCc1c(F)cc(C2CCC(C3CCC4CC(/C=C/C)CCC4C3)CC2)cc1F. The van der Waals surface area contributed by atoms with E-state index in [4.69, 9.17) is 0 Å². The molecule has 3 aliphatic carbocycles. The van der Waals surface area contributed by atoms with Crippen LogP contribution in [0.4, 0.5) is 8.78 Å². The molecule has 0 amide bonds. The second-order valence-electron chi connectivity index (χ2n) is 10.9. The molecule has 4 unspecified atom stereocenters. The predicted molar refractivity (Wildman–Crippen MR) is 131 cm³/mol. The Bertz CT molecular complexity index is 776. The maximum absolute atomic E-state index is 14.6. The van der Waals surface area contributed by atoms with Gasteiger partial charge in [-0.2, -0.15) is 0 Å². The van der Waals surface area contributed by atoms with Gasteiger partial charge >= 0.3 is 0 Å². The summed E-state index contributed by atoms with van der Waals surface area (Å²) in [5.74, 6) is 4.07. The summed E-state index contributed by atoms with van der Waals surface area (Å²) in [6.07, 6.45) is 22.8. The lowest BCUT2D eigenvalue weighted by Gasteiger charge is -2.45. The summed E-state index contributed by atoms with van der Waals surface area (Å²) in [5, 5.41) is 0. The maximum atomic E-state index is 14.6. The van der Waals surface area contributed by atoms with Crippen molar-refractivity contribution in [3.8, 4) is 0 Å². The number of hydrogen-bond acceptors (Lipinski definition) is 0. The van der Waals surface area contributed by atoms with Crippen LogP contribution in [0.5, 0.6) is 0 Å². The van der Waals surface area contributed by atoms with E-state index in [2.05, 4.69) is 19.1 Å². The molecule has 0 radical (unpaired) electrons. The highest BCUT2D eigenvalue weighted by Crippen LogP contribution is 2.50. The van der Waals surface area contributed by atoms with E-state index in [9.17, 15) is 8.78 Å². The standard InChI is InChI=1S/C30H42F2/c1-3-5-6-8-28-29(31)19-27(20-30(28)32)23-13-11-22(12-14-23)25-16-15-24-17-21(7-4-2)9-10-26(24)18-25/h3-5,7,19-26H,6,8-18H2,1-2H3/b5-3+,7-4+. The van der Waals surface area contributed by atoms with Crippen molar-refractivity contribution in [2.45, 2.75) is 96.8 Å². The van der Waals surface area contributed by atoms with Crippen molar-refractivity contribution in [2.75, 3.05) is 0 Å². The first-order valence-electron chi connectivity index (χ1n) is 13.3. The molecule has 4 rings (SSSR count). The van der Waals surface area contributed by atoms with Crippen LogP contribution < -0.4 is 0 Å². The van der Waals surface area contributed by atoms with Gasteiger partial charge in [0.15, 0.2) is 0 Å². The zero-order valence-electron chi connectivity index (χ0n) is 20.2. The quantitative estimate of drug-likeness (QED) is 0.387. The fourth-order valence-corrected chi connectivity index (χ4v) is 7.25. The third kappa shape index (κ3) is 5.54. The molecule has 0 nitrogen and oxygen atoms in total. The molecule has 0 N–H and O–H groups in total. The molecule has 3 fully saturated rings. The highest BCUT2D eigenvalue weighted by molar-refractivity contribution is 5.29. The van der Waals surface area contributed by atoms with Crippen LogP contribution in [-0.4, -0.2) is 0 Å². The minimum atomic E-state index is -0.349. The number of benzene rings is 1. The van der Waals surface area contributed by atoms with Gasteiger partial charge in [0, 0.05) is 5.56 Å². The van der Waals surface area contributed by atoms with Gasteiger partial charge in [-0.1, -0.05) is 24.3 Å². The summed E-state index contributed by atoms with van der Waals surface area (Å²) in [6.45, 7) is 4.09. The number of halogens is 2. The maximum Gasteiger partial charge on any atom is 0.129 e. The van der Waals surface area contributed by atoms with Gasteiger partial charge in [0.05, 0.1) is 0 Å². The Balaban J connectivity index is 1.30. The van der Waals surface area contributed by atoms with Crippen molar-refractivity contribution in [3.05, 3.63) is 59.2 Å². The van der Waals surface area contributed by atoms with E-state index in [0.29, 0.717) is 18.8 Å². The molecule has 3 aliphatic rings. The molecule has 0 saturated heterocycles. The van der Waals surface area contributed by atoms with Crippen molar-refractivity contribution < 1.29 is 8.78 Å². The molecule has 0 aliphatic heterocycles. The van der Waals surface area contributed by atoms with Crippen LogP contribution in [0.15, 0.2) is 36.4 Å². The number of hydrogen-bond donors (Lipinski definition) is 0. The van der Waals surface area contributed by atoms with Crippen LogP contribution >= 0.6 is 0 Å². The van der Waals surface area contributed by atoms with Crippen molar-refractivity contribution in [1.29, 1.82) is 0 Å². The monoisotopic (exact) mass is 440 g/mol. The molecule has 0 heterocycles. The molecule has 2 heteroatoms. The normalized spacial score (nSPS) is 33.6. The van der Waals surface area contributed by atoms with Gasteiger partial charge in [0.1, 0.15) is 11.6 Å². The smallest absolute Gasteiger partial charge is 0.129 e. The van der Waals surface area contributed by atoms with E-state index in [1.165, 1.54) is 51.4 Å². The highest BCUT2D eigenvalue weighted by Gasteiger charge is 2.38. The van der Waals surface area contributed by atoms with Crippen LogP contribution in [0.2, 0.25) is 0 Å². The molecule has 3 saturated carbocycles. The Kier molecular flexibility index (Phi) is 8.24. The van der Waals surface area contributed by atoms with Crippen molar-refractivity contribution in [1.82, 2.24) is 0 Å². The molecule has 176 valence electrons. The van der Waals surface area contributed by atoms with Gasteiger partial charge in [0.25, 0.3) is 0 Å². The Morgan fingerprint density at radius 3 is 2.00 bits per heavy atom. The number of rotatable bonds is 6. The molecular formula is C30H42F2. The van der Waals surface area contributed by atoms with Gasteiger partial charge in [-0.05, 0) is 144 Å². The zero-order chi connectivity index (χ0) is 22.5. The van der Waals surface area contributed by atoms with Crippen LogP contribution in [-0.2, 0) is 6.42 Å². The van der Waals surface area contributed by atoms with Crippen LogP contribution in [0.25, 0.3) is 0 Å². The minimum Gasteiger partial charge on any atom is -0.207 e. The first-order chi connectivity index (χ1) is 15.6. The second kappa shape index (κ2) is 11.1. The van der Waals surface area contributed by atoms with Gasteiger partial charge in [0.2, 0.25) is 0 Å². The second-order valence-corrected chi connectivity index (χ2v) is 10.9. The van der Waals surface area contributed by atoms with Gasteiger partial charge in [-0.3, -0.25) is 0 Å². The van der Waals surface area contributed by atoms with E-state index in [-0.39, 0.29) is 17.2 Å². The van der Waals surface area contributed by atoms with E-state index >= 15 is 0 Å². The largest absolute Gasteiger partial charge is 0.207 e. The van der Waals surface area contributed by atoms with E-state index in [0.717, 1.165) is 48.0 Å². The average Bonchev–Trinajstić information content (AvgIpc) is 2.81. The lowest BCUT2D eigenvalue weighted by atomic mass is 9.61. The van der Waals surface area contributed by atoms with E-state index < -0.39 is 0 Å². The molecule has 1 aromatic carbocycles. The minimum absolute atomic E-state index is 0.251. The Morgan fingerprint density at radius 1 is 0.750 bits per heavy atom. The van der Waals surface area contributed by atoms with E-state index in [1.54, 1.807) is 12.1 Å². The molecule has 32 heavy (non-hydrogen) atoms. The summed E-state index contributed by atoms with van der Waals surface area (Å²) in [7, 11) is 0. The predicted octanol–water partition coefficient (Wildman–Crippen LogP) is 9.16. The van der Waals surface area contributed by atoms with Crippen molar-refractivity contribution in [2.24, 2.45) is 29.6 Å². The van der Waals surface area contributed by atoms with Gasteiger partial charge < -0.3 is 0 Å². The van der Waals surface area contributed by atoms with Crippen LogP contribution in [0.3, 0.4) is 0 Å². The average molecular weight is 441 g/mol. The molecule has 0 spiro atoms. The Morgan fingerprint density at radius 2 is 1.34 bits per heavy atom. The molecule has 0 aromatic heterocycles. The fourth-order valence-electron chi connectivity index (χ4n) is 7.25. The molecule has 1 aromatic rings. The van der Waals surface area contributed by atoms with Crippen molar-refractivity contribution >= 4 is 0 Å². The lowest BCUT2D eigenvalue weighted by molar-refractivity contribution is 0.0718. The number of allylic oxidation sites excluding steroid dienone is 4. The summed E-state index contributed by atoms with van der Waals surface area (Å²) in [6, 6.07) is 3.26. The summed E-state index contributed by atoms with van der Waals surface area (Å²) >= 11 is 0. The van der Waals surface area contributed by atoms with Crippen LogP contribution in [0, 0.1) is 41.2 Å². The lowest BCUT2D eigenvalue weighted by Crippen LogP contribution is -2.34. The van der Waals surface area contributed by atoms with Gasteiger partial charge in [-0.25, -0.2) is 8.78 Å². The van der Waals surface area contributed by atoms with Crippen molar-refractivity contribution in [3.63, 3.8) is 0 Å². The molecule has 4 atom stereocenters. The third-order valence-electron chi connectivity index (χ3n) is 9.03. The Hall–Kier alpha value is -1.44. The first-order valence-corrected chi connectivity index (χ1v) is 13.3. The zero-order valence-corrected chi connectivity index (χ0v) is 20.2. The number of fused-ring (bicyclic) bond motifs is 1. The molecule has 0 bridgehead atoms. The van der Waals surface area contributed by atoms with E-state index in [1.807, 2.05) is 19.1 Å². The molecular weight excluding hydrogens is 398 g/mol. The summed E-state index contributed by atoms with van der Waals surface area (Å²) < 4.78 is 29.3. The summed E-state index contributed by atoms with van der Waals surface area (Å²) in [5.41, 5.74) is 1.14. The first kappa shape index (κ1) is 23.7. The fraction of sp³-hybridized carbons (Fsp3) is 0.667. The topological polar surface area (TPSA) is 0 Å². The van der Waals surface area contributed by atoms with Crippen LogP contribution in [0.1, 0.15) is 102 Å².